The Balaban J connectivity index is 2.20. The molecule has 0 aliphatic rings. The summed E-state index contributed by atoms with van der Waals surface area (Å²) in [6.07, 6.45) is 0.833. The number of ether oxygens (including phenoxy) is 1. The number of carboxylic acid groups (broad SMARTS) is 1. The van der Waals surface area contributed by atoms with E-state index in [-0.39, 0.29) is 4.88 Å². The summed E-state index contributed by atoms with van der Waals surface area (Å²) in [5, 5.41) is 15.2. The molecular weight excluding hydrogens is 344 g/mol. The Kier molecular flexibility index (Phi) is 4.82. The molecule has 0 spiro atoms. The highest BCUT2D eigenvalue weighted by Crippen LogP contribution is 2.28. The van der Waals surface area contributed by atoms with Gasteiger partial charge in [-0.05, 0) is 40.7 Å². The third-order valence-corrected chi connectivity index (χ3v) is 4.68. The lowest BCUT2D eigenvalue weighted by Crippen LogP contribution is -2.07. The average Bonchev–Trinajstić information content (AvgIpc) is 3.00. The van der Waals surface area contributed by atoms with Crippen molar-refractivity contribution in [1.29, 1.82) is 0 Å². The van der Waals surface area contributed by atoms with Crippen LogP contribution in [0.2, 0.25) is 0 Å². The fourth-order valence-electron chi connectivity index (χ4n) is 1.87. The van der Waals surface area contributed by atoms with E-state index in [1.807, 2.05) is 18.5 Å². The van der Waals surface area contributed by atoms with Crippen LogP contribution in [0.4, 0.5) is 0 Å². The van der Waals surface area contributed by atoms with Crippen LogP contribution >= 0.6 is 27.3 Å². The SMILES string of the molecule is CCc1nn(CC)c(COc2ccsc2C(=O)O)c1Br. The molecule has 5 nitrogen and oxygen atoms in total. The molecule has 7 heteroatoms. The van der Waals surface area contributed by atoms with E-state index in [4.69, 9.17) is 9.84 Å². The Morgan fingerprint density at radius 3 is 2.90 bits per heavy atom. The van der Waals surface area contributed by atoms with Gasteiger partial charge in [0.25, 0.3) is 0 Å². The van der Waals surface area contributed by atoms with Gasteiger partial charge >= 0.3 is 5.97 Å². The molecule has 0 saturated carbocycles. The number of carboxylic acids is 1. The largest absolute Gasteiger partial charge is 0.485 e. The van der Waals surface area contributed by atoms with Gasteiger partial charge in [-0.2, -0.15) is 5.10 Å². The standard InChI is InChI=1S/C13H15BrN2O3S/c1-3-8-11(14)9(16(4-2)15-8)7-19-10-5-6-20-12(10)13(17)18/h5-6H,3-4,7H2,1-2H3,(H,17,18). The highest BCUT2D eigenvalue weighted by Gasteiger charge is 2.17. The number of aryl methyl sites for hydroxylation is 2. The third kappa shape index (κ3) is 2.88. The van der Waals surface area contributed by atoms with E-state index in [1.165, 1.54) is 0 Å². The molecule has 0 aliphatic heterocycles. The molecule has 108 valence electrons. The van der Waals surface area contributed by atoms with Gasteiger partial charge in [0.2, 0.25) is 0 Å². The lowest BCUT2D eigenvalue weighted by Gasteiger charge is -2.08. The molecule has 0 saturated heterocycles. The monoisotopic (exact) mass is 358 g/mol. The quantitative estimate of drug-likeness (QED) is 0.857. The Morgan fingerprint density at radius 2 is 2.30 bits per heavy atom. The minimum absolute atomic E-state index is 0.222. The van der Waals surface area contributed by atoms with Gasteiger partial charge < -0.3 is 9.84 Å². The normalized spacial score (nSPS) is 10.8. The fraction of sp³-hybridized carbons (Fsp3) is 0.385. The maximum Gasteiger partial charge on any atom is 0.349 e. The van der Waals surface area contributed by atoms with Crippen LogP contribution in [0.1, 0.15) is 34.9 Å². The summed E-state index contributed by atoms with van der Waals surface area (Å²) in [4.78, 5) is 11.3. The summed E-state index contributed by atoms with van der Waals surface area (Å²) in [6.45, 7) is 5.08. The van der Waals surface area contributed by atoms with E-state index in [0.717, 1.165) is 40.2 Å². The predicted octanol–water partition coefficient (Wildman–Crippen LogP) is 3.57. The molecule has 1 N–H and O–H groups in total. The van der Waals surface area contributed by atoms with Crippen molar-refractivity contribution >= 4 is 33.2 Å². The van der Waals surface area contributed by atoms with E-state index in [2.05, 4.69) is 21.0 Å². The number of halogens is 1. The van der Waals surface area contributed by atoms with Crippen LogP contribution in [0.5, 0.6) is 5.75 Å². The number of thiophene rings is 1. The molecule has 2 aromatic rings. The molecule has 0 atom stereocenters. The first kappa shape index (κ1) is 15.1. The minimum Gasteiger partial charge on any atom is -0.485 e. The van der Waals surface area contributed by atoms with Crippen molar-refractivity contribution in [3.8, 4) is 5.75 Å². The van der Waals surface area contributed by atoms with E-state index in [0.29, 0.717) is 12.4 Å². The molecular formula is C13H15BrN2O3S. The number of rotatable bonds is 6. The van der Waals surface area contributed by atoms with Crippen molar-refractivity contribution in [2.24, 2.45) is 0 Å². The van der Waals surface area contributed by atoms with Gasteiger partial charge in [0.15, 0.2) is 4.88 Å². The van der Waals surface area contributed by atoms with E-state index in [1.54, 1.807) is 11.4 Å². The zero-order valence-electron chi connectivity index (χ0n) is 11.2. The molecule has 0 amide bonds. The van der Waals surface area contributed by atoms with E-state index >= 15 is 0 Å². The molecule has 0 aliphatic carbocycles. The molecule has 0 radical (unpaired) electrons. The van der Waals surface area contributed by atoms with Crippen molar-refractivity contribution in [2.45, 2.75) is 33.4 Å². The van der Waals surface area contributed by atoms with Gasteiger partial charge in [-0.3, -0.25) is 4.68 Å². The summed E-state index contributed by atoms with van der Waals surface area (Å²) < 4.78 is 8.45. The first-order valence-electron chi connectivity index (χ1n) is 6.26. The van der Waals surface area contributed by atoms with Crippen LogP contribution in [0.25, 0.3) is 0 Å². The number of nitrogens with zero attached hydrogens (tertiary/aromatic N) is 2. The van der Waals surface area contributed by atoms with Crippen LogP contribution in [-0.4, -0.2) is 20.9 Å². The summed E-state index contributed by atoms with van der Waals surface area (Å²) >= 11 is 4.70. The van der Waals surface area contributed by atoms with Crippen LogP contribution in [-0.2, 0) is 19.6 Å². The molecule has 0 fully saturated rings. The number of hydrogen-bond acceptors (Lipinski definition) is 4. The number of hydrogen-bond donors (Lipinski definition) is 1. The van der Waals surface area contributed by atoms with Crippen LogP contribution < -0.4 is 4.74 Å². The topological polar surface area (TPSA) is 64.4 Å². The predicted molar refractivity (Wildman–Crippen MR) is 80.6 cm³/mol. The molecule has 2 aromatic heterocycles. The Morgan fingerprint density at radius 1 is 1.55 bits per heavy atom. The second kappa shape index (κ2) is 6.41. The zero-order valence-corrected chi connectivity index (χ0v) is 13.6. The van der Waals surface area contributed by atoms with Crippen molar-refractivity contribution < 1.29 is 14.6 Å². The van der Waals surface area contributed by atoms with Gasteiger partial charge in [-0.15, -0.1) is 11.3 Å². The van der Waals surface area contributed by atoms with E-state index < -0.39 is 5.97 Å². The molecule has 0 aromatic carbocycles. The number of aromatic nitrogens is 2. The van der Waals surface area contributed by atoms with Crippen molar-refractivity contribution in [3.05, 3.63) is 32.2 Å². The minimum atomic E-state index is -0.965. The number of carbonyl (C=O) groups is 1. The van der Waals surface area contributed by atoms with Crippen LogP contribution in [0, 0.1) is 0 Å². The third-order valence-electron chi connectivity index (χ3n) is 2.88. The number of aromatic carboxylic acids is 1. The van der Waals surface area contributed by atoms with Crippen molar-refractivity contribution in [2.75, 3.05) is 0 Å². The molecule has 2 rings (SSSR count). The van der Waals surface area contributed by atoms with Gasteiger partial charge in [0.05, 0.1) is 15.9 Å². The van der Waals surface area contributed by atoms with Gasteiger partial charge in [-0.1, -0.05) is 6.92 Å². The Bertz CT molecular complexity index is 621. The maximum atomic E-state index is 11.0. The Hall–Kier alpha value is -1.34. The second-order valence-corrected chi connectivity index (χ2v) is 5.79. The highest BCUT2D eigenvalue weighted by atomic mass is 79.9. The summed E-state index contributed by atoms with van der Waals surface area (Å²) in [6, 6.07) is 1.68. The molecule has 2 heterocycles. The Labute approximate surface area is 129 Å². The molecule has 20 heavy (non-hydrogen) atoms. The lowest BCUT2D eigenvalue weighted by atomic mass is 10.3. The highest BCUT2D eigenvalue weighted by molar-refractivity contribution is 9.10. The van der Waals surface area contributed by atoms with E-state index in [9.17, 15) is 4.79 Å². The summed E-state index contributed by atoms with van der Waals surface area (Å²) in [5.41, 5.74) is 1.90. The first-order chi connectivity index (χ1) is 9.58. The smallest absolute Gasteiger partial charge is 0.349 e. The fourth-order valence-corrected chi connectivity index (χ4v) is 3.22. The van der Waals surface area contributed by atoms with Crippen LogP contribution in [0.15, 0.2) is 15.9 Å². The molecule has 0 bridgehead atoms. The maximum absolute atomic E-state index is 11.0. The van der Waals surface area contributed by atoms with Crippen molar-refractivity contribution in [3.63, 3.8) is 0 Å². The van der Waals surface area contributed by atoms with Gasteiger partial charge in [0.1, 0.15) is 12.4 Å². The zero-order chi connectivity index (χ0) is 14.7. The van der Waals surface area contributed by atoms with Crippen LogP contribution in [0.3, 0.4) is 0 Å². The average molecular weight is 359 g/mol. The molecule has 0 unspecified atom stereocenters. The van der Waals surface area contributed by atoms with Gasteiger partial charge in [0, 0.05) is 6.54 Å². The first-order valence-corrected chi connectivity index (χ1v) is 7.93. The second-order valence-electron chi connectivity index (χ2n) is 4.08. The summed E-state index contributed by atoms with van der Waals surface area (Å²) in [7, 11) is 0. The van der Waals surface area contributed by atoms with Crippen molar-refractivity contribution in [1.82, 2.24) is 9.78 Å². The van der Waals surface area contributed by atoms with Gasteiger partial charge in [-0.25, -0.2) is 4.79 Å². The lowest BCUT2D eigenvalue weighted by molar-refractivity contribution is 0.0697. The summed E-state index contributed by atoms with van der Waals surface area (Å²) in [5.74, 6) is -0.566.